The van der Waals surface area contributed by atoms with Crippen molar-refractivity contribution in [1.29, 1.82) is 0 Å². The maximum Gasteiger partial charge on any atom is 0.255 e. The van der Waals surface area contributed by atoms with Crippen LogP contribution in [-0.4, -0.2) is 24.0 Å². The molecule has 0 radical (unpaired) electrons. The van der Waals surface area contributed by atoms with Gasteiger partial charge in [-0.3, -0.25) is 4.79 Å². The molecule has 0 aromatic carbocycles. The quantitative estimate of drug-likeness (QED) is 0.838. The van der Waals surface area contributed by atoms with Crippen molar-refractivity contribution in [1.82, 2.24) is 10.3 Å². The minimum Gasteiger partial charge on any atom is -0.372 e. The Kier molecular flexibility index (Phi) is 5.19. The maximum atomic E-state index is 12.3. The van der Waals surface area contributed by atoms with Crippen LogP contribution >= 0.6 is 15.9 Å². The van der Waals surface area contributed by atoms with Gasteiger partial charge in [0, 0.05) is 23.8 Å². The number of hydrogen-bond donors (Lipinski definition) is 2. The largest absolute Gasteiger partial charge is 0.372 e. The Labute approximate surface area is 122 Å². The lowest BCUT2D eigenvalue weighted by Gasteiger charge is -2.17. The van der Waals surface area contributed by atoms with E-state index in [-0.39, 0.29) is 5.91 Å². The SMILES string of the molecule is CNc1ncc(Br)cc1C(=O)NC1CCCCCC1. The van der Waals surface area contributed by atoms with Crippen molar-refractivity contribution in [2.75, 3.05) is 12.4 Å². The van der Waals surface area contributed by atoms with Crippen LogP contribution in [0.3, 0.4) is 0 Å². The van der Waals surface area contributed by atoms with Crippen molar-refractivity contribution in [3.63, 3.8) is 0 Å². The van der Waals surface area contributed by atoms with E-state index in [4.69, 9.17) is 0 Å². The van der Waals surface area contributed by atoms with Crippen LogP contribution in [0.2, 0.25) is 0 Å². The van der Waals surface area contributed by atoms with Gasteiger partial charge >= 0.3 is 0 Å². The van der Waals surface area contributed by atoms with Crippen LogP contribution in [0.1, 0.15) is 48.9 Å². The molecule has 1 fully saturated rings. The normalized spacial score (nSPS) is 16.7. The summed E-state index contributed by atoms with van der Waals surface area (Å²) in [5.74, 6) is 0.583. The van der Waals surface area contributed by atoms with Gasteiger partial charge in [0.05, 0.1) is 5.56 Å². The molecule has 104 valence electrons. The molecule has 1 aliphatic carbocycles. The van der Waals surface area contributed by atoms with Crippen LogP contribution in [0.25, 0.3) is 0 Å². The van der Waals surface area contributed by atoms with Gasteiger partial charge in [-0.25, -0.2) is 4.98 Å². The molecule has 1 aromatic heterocycles. The summed E-state index contributed by atoms with van der Waals surface area (Å²) in [7, 11) is 1.78. The van der Waals surface area contributed by atoms with Gasteiger partial charge in [0.15, 0.2) is 0 Å². The molecule has 1 aromatic rings. The summed E-state index contributed by atoms with van der Waals surface area (Å²) in [6.07, 6.45) is 8.85. The van der Waals surface area contributed by atoms with Crippen LogP contribution in [0, 0.1) is 0 Å². The zero-order valence-corrected chi connectivity index (χ0v) is 12.8. The molecule has 1 heterocycles. The number of pyridine rings is 1. The van der Waals surface area contributed by atoms with Crippen molar-refractivity contribution in [2.45, 2.75) is 44.6 Å². The number of halogens is 1. The van der Waals surface area contributed by atoms with E-state index in [1.54, 1.807) is 13.2 Å². The van der Waals surface area contributed by atoms with Gasteiger partial charge < -0.3 is 10.6 Å². The Hall–Kier alpha value is -1.10. The highest BCUT2D eigenvalue weighted by Gasteiger charge is 2.18. The number of nitrogens with one attached hydrogen (secondary N) is 2. The van der Waals surface area contributed by atoms with E-state index in [1.165, 1.54) is 25.7 Å². The van der Waals surface area contributed by atoms with Crippen LogP contribution in [0.4, 0.5) is 5.82 Å². The average Bonchev–Trinajstić information content (AvgIpc) is 2.67. The lowest BCUT2D eigenvalue weighted by atomic mass is 10.1. The molecule has 2 rings (SSSR count). The summed E-state index contributed by atoms with van der Waals surface area (Å²) in [6, 6.07) is 2.11. The van der Waals surface area contributed by atoms with Crippen molar-refractivity contribution in [3.05, 3.63) is 22.3 Å². The van der Waals surface area contributed by atoms with E-state index < -0.39 is 0 Å². The maximum absolute atomic E-state index is 12.3. The second kappa shape index (κ2) is 6.89. The standard InChI is InChI=1S/C14H20BrN3O/c1-16-13-12(8-10(15)9-17-13)14(19)18-11-6-4-2-3-5-7-11/h8-9,11H,2-7H2,1H3,(H,16,17)(H,18,19). The van der Waals surface area contributed by atoms with E-state index in [2.05, 4.69) is 31.5 Å². The molecular weight excluding hydrogens is 306 g/mol. The molecule has 1 aliphatic rings. The number of rotatable bonds is 3. The molecule has 1 saturated carbocycles. The fourth-order valence-corrected chi connectivity index (χ4v) is 2.83. The summed E-state index contributed by atoms with van der Waals surface area (Å²) in [6.45, 7) is 0. The van der Waals surface area contributed by atoms with Gasteiger partial charge in [-0.05, 0) is 34.8 Å². The number of amides is 1. The van der Waals surface area contributed by atoms with Crippen molar-refractivity contribution >= 4 is 27.7 Å². The Bertz CT molecular complexity index is 442. The predicted molar refractivity (Wildman–Crippen MR) is 80.4 cm³/mol. The molecule has 0 aliphatic heterocycles. The van der Waals surface area contributed by atoms with Crippen LogP contribution in [0.15, 0.2) is 16.7 Å². The molecule has 5 heteroatoms. The zero-order valence-electron chi connectivity index (χ0n) is 11.2. The highest BCUT2D eigenvalue weighted by molar-refractivity contribution is 9.10. The van der Waals surface area contributed by atoms with Gasteiger partial charge in [-0.2, -0.15) is 0 Å². The number of anilines is 1. The summed E-state index contributed by atoms with van der Waals surface area (Å²) >= 11 is 3.36. The molecule has 1 amide bonds. The first-order valence-corrected chi connectivity index (χ1v) is 7.64. The van der Waals surface area contributed by atoms with E-state index in [0.717, 1.165) is 17.3 Å². The fourth-order valence-electron chi connectivity index (χ4n) is 2.50. The number of hydrogen-bond acceptors (Lipinski definition) is 3. The summed E-state index contributed by atoms with van der Waals surface area (Å²) in [5.41, 5.74) is 0.598. The highest BCUT2D eigenvalue weighted by atomic mass is 79.9. The number of nitrogens with zero attached hydrogens (tertiary/aromatic N) is 1. The highest BCUT2D eigenvalue weighted by Crippen LogP contribution is 2.20. The molecule has 0 atom stereocenters. The van der Waals surface area contributed by atoms with Crippen molar-refractivity contribution < 1.29 is 4.79 Å². The second-order valence-corrected chi connectivity index (χ2v) is 5.88. The first kappa shape index (κ1) is 14.3. The van der Waals surface area contributed by atoms with E-state index >= 15 is 0 Å². The zero-order chi connectivity index (χ0) is 13.7. The molecule has 0 saturated heterocycles. The minimum absolute atomic E-state index is 0.0370. The van der Waals surface area contributed by atoms with Crippen LogP contribution in [0.5, 0.6) is 0 Å². The molecular formula is C14H20BrN3O. The lowest BCUT2D eigenvalue weighted by Crippen LogP contribution is -2.34. The van der Waals surface area contributed by atoms with Crippen molar-refractivity contribution in [2.24, 2.45) is 0 Å². The van der Waals surface area contributed by atoms with E-state index in [0.29, 0.717) is 17.4 Å². The van der Waals surface area contributed by atoms with Gasteiger partial charge in [-0.1, -0.05) is 25.7 Å². The summed E-state index contributed by atoms with van der Waals surface area (Å²) < 4.78 is 0.817. The molecule has 19 heavy (non-hydrogen) atoms. The second-order valence-electron chi connectivity index (χ2n) is 4.96. The topological polar surface area (TPSA) is 54.0 Å². The molecule has 0 unspecified atom stereocenters. The van der Waals surface area contributed by atoms with Gasteiger partial charge in [0.1, 0.15) is 5.82 Å². The first-order chi connectivity index (χ1) is 9.20. The third-order valence-electron chi connectivity index (χ3n) is 3.53. The number of aromatic nitrogens is 1. The Morgan fingerprint density at radius 2 is 2.00 bits per heavy atom. The Balaban J connectivity index is 2.08. The molecule has 2 N–H and O–H groups in total. The first-order valence-electron chi connectivity index (χ1n) is 6.85. The summed E-state index contributed by atoms with van der Waals surface area (Å²) in [4.78, 5) is 16.6. The van der Waals surface area contributed by atoms with Gasteiger partial charge in [-0.15, -0.1) is 0 Å². The monoisotopic (exact) mass is 325 g/mol. The Morgan fingerprint density at radius 3 is 2.63 bits per heavy atom. The van der Waals surface area contributed by atoms with E-state index in [9.17, 15) is 4.79 Å². The van der Waals surface area contributed by atoms with Crippen molar-refractivity contribution in [3.8, 4) is 0 Å². The number of carbonyl (C=O) groups is 1. The lowest BCUT2D eigenvalue weighted by molar-refractivity contribution is 0.0934. The van der Waals surface area contributed by atoms with Crippen LogP contribution < -0.4 is 10.6 Å². The average molecular weight is 326 g/mol. The molecule has 0 spiro atoms. The smallest absolute Gasteiger partial charge is 0.255 e. The molecule has 4 nitrogen and oxygen atoms in total. The Morgan fingerprint density at radius 1 is 1.32 bits per heavy atom. The van der Waals surface area contributed by atoms with Crippen LogP contribution in [-0.2, 0) is 0 Å². The van der Waals surface area contributed by atoms with Gasteiger partial charge in [0.2, 0.25) is 0 Å². The third kappa shape index (κ3) is 3.93. The minimum atomic E-state index is -0.0370. The third-order valence-corrected chi connectivity index (χ3v) is 3.96. The van der Waals surface area contributed by atoms with Gasteiger partial charge in [0.25, 0.3) is 5.91 Å². The number of carbonyl (C=O) groups excluding carboxylic acids is 1. The molecule has 0 bridgehead atoms. The fraction of sp³-hybridized carbons (Fsp3) is 0.571. The van der Waals surface area contributed by atoms with E-state index in [1.807, 2.05) is 6.07 Å². The predicted octanol–water partition coefficient (Wildman–Crippen LogP) is 3.34. The summed E-state index contributed by atoms with van der Waals surface area (Å²) in [5, 5.41) is 6.10.